The van der Waals surface area contributed by atoms with Crippen LogP contribution in [0.4, 0.5) is 10.8 Å². The van der Waals surface area contributed by atoms with Gasteiger partial charge in [-0.2, -0.15) is 5.26 Å². The van der Waals surface area contributed by atoms with E-state index in [-0.39, 0.29) is 5.91 Å². The minimum Gasteiger partial charge on any atom is -0.398 e. The van der Waals surface area contributed by atoms with Crippen molar-refractivity contribution in [1.29, 1.82) is 5.26 Å². The number of nitrogen functional groups attached to an aromatic ring is 1. The number of thiazole rings is 1. The molecule has 2 rings (SSSR count). The maximum absolute atomic E-state index is 11.8. The van der Waals surface area contributed by atoms with Crippen molar-refractivity contribution in [2.24, 2.45) is 0 Å². The van der Waals surface area contributed by atoms with Gasteiger partial charge in [0.25, 0.3) is 5.91 Å². The predicted molar refractivity (Wildman–Crippen MR) is 65.6 cm³/mol. The first kappa shape index (κ1) is 11.1. The molecule has 1 aromatic carbocycles. The Hall–Kier alpha value is -2.39. The highest BCUT2D eigenvalue weighted by Crippen LogP contribution is 2.19. The van der Waals surface area contributed by atoms with Gasteiger partial charge in [-0.1, -0.05) is 23.5 Å². The number of carbonyl (C=O) groups is 1. The van der Waals surface area contributed by atoms with E-state index < -0.39 is 0 Å². The molecule has 5 nitrogen and oxygen atoms in total. The lowest BCUT2D eigenvalue weighted by Gasteiger charge is -2.03. The van der Waals surface area contributed by atoms with Crippen LogP contribution in [0.1, 0.15) is 15.2 Å². The SMILES string of the molecule is N#Cc1cnc(NC(=O)c2ccccc2N)s1. The molecule has 0 aliphatic heterocycles. The van der Waals surface area contributed by atoms with Gasteiger partial charge in [0.1, 0.15) is 10.9 Å². The van der Waals surface area contributed by atoms with Crippen LogP contribution in [0, 0.1) is 11.3 Å². The summed E-state index contributed by atoms with van der Waals surface area (Å²) in [6, 6.07) is 8.71. The molecule has 3 N–H and O–H groups in total. The number of nitriles is 1. The molecule has 17 heavy (non-hydrogen) atoms. The summed E-state index contributed by atoms with van der Waals surface area (Å²) in [6.07, 6.45) is 1.41. The molecule has 0 fully saturated rings. The molecule has 0 aliphatic carbocycles. The van der Waals surface area contributed by atoms with E-state index in [2.05, 4.69) is 10.3 Å². The zero-order valence-corrected chi connectivity index (χ0v) is 9.49. The van der Waals surface area contributed by atoms with Gasteiger partial charge in [0.15, 0.2) is 5.13 Å². The quantitative estimate of drug-likeness (QED) is 0.788. The summed E-state index contributed by atoms with van der Waals surface area (Å²) in [7, 11) is 0. The lowest BCUT2D eigenvalue weighted by molar-refractivity contribution is 0.102. The van der Waals surface area contributed by atoms with Crippen LogP contribution < -0.4 is 11.1 Å². The van der Waals surface area contributed by atoms with Crippen molar-refractivity contribution in [3.63, 3.8) is 0 Å². The van der Waals surface area contributed by atoms with E-state index in [1.807, 2.05) is 6.07 Å². The van der Waals surface area contributed by atoms with Gasteiger partial charge in [0.2, 0.25) is 0 Å². The molecule has 0 radical (unpaired) electrons. The molecule has 0 aliphatic rings. The smallest absolute Gasteiger partial charge is 0.259 e. The first-order chi connectivity index (χ1) is 8.20. The fourth-order valence-electron chi connectivity index (χ4n) is 1.25. The van der Waals surface area contributed by atoms with Crippen molar-refractivity contribution in [2.45, 2.75) is 0 Å². The molecule has 0 unspecified atom stereocenters. The molecule has 0 saturated heterocycles. The van der Waals surface area contributed by atoms with E-state index >= 15 is 0 Å². The molecule has 1 amide bonds. The van der Waals surface area contributed by atoms with Crippen LogP contribution in [0.5, 0.6) is 0 Å². The Morgan fingerprint density at radius 3 is 2.88 bits per heavy atom. The second-order valence-electron chi connectivity index (χ2n) is 3.18. The third kappa shape index (κ3) is 2.41. The van der Waals surface area contributed by atoms with E-state index in [9.17, 15) is 4.79 Å². The fourth-order valence-corrected chi connectivity index (χ4v) is 1.86. The van der Waals surface area contributed by atoms with Crippen molar-refractivity contribution < 1.29 is 4.79 Å². The van der Waals surface area contributed by atoms with Gasteiger partial charge >= 0.3 is 0 Å². The fraction of sp³-hybridized carbons (Fsp3) is 0. The van der Waals surface area contributed by atoms with Gasteiger partial charge in [-0.3, -0.25) is 10.1 Å². The molecule has 0 saturated carbocycles. The molecule has 2 aromatic rings. The third-order valence-corrected chi connectivity index (χ3v) is 2.86. The Morgan fingerprint density at radius 1 is 1.47 bits per heavy atom. The summed E-state index contributed by atoms with van der Waals surface area (Å²) in [6.45, 7) is 0. The van der Waals surface area contributed by atoms with E-state index in [0.717, 1.165) is 11.3 Å². The third-order valence-electron chi connectivity index (χ3n) is 2.04. The molecular formula is C11H8N4OS. The van der Waals surface area contributed by atoms with Crippen LogP contribution in [0.2, 0.25) is 0 Å². The molecule has 1 heterocycles. The van der Waals surface area contributed by atoms with Crippen LogP contribution in [0.25, 0.3) is 0 Å². The number of benzene rings is 1. The Bertz CT molecular complexity index is 600. The van der Waals surface area contributed by atoms with Crippen LogP contribution in [-0.4, -0.2) is 10.9 Å². The topological polar surface area (TPSA) is 91.8 Å². The van der Waals surface area contributed by atoms with Gasteiger partial charge in [-0.05, 0) is 12.1 Å². The Labute approximate surface area is 102 Å². The van der Waals surface area contributed by atoms with Crippen molar-refractivity contribution in [3.8, 4) is 6.07 Å². The summed E-state index contributed by atoms with van der Waals surface area (Å²) >= 11 is 1.12. The number of rotatable bonds is 2. The number of amides is 1. The molecule has 0 bridgehead atoms. The summed E-state index contributed by atoms with van der Waals surface area (Å²) in [5, 5.41) is 11.6. The number of nitrogens with one attached hydrogen (secondary N) is 1. The highest BCUT2D eigenvalue weighted by molar-refractivity contribution is 7.16. The van der Waals surface area contributed by atoms with Crippen LogP contribution >= 0.6 is 11.3 Å². The maximum atomic E-state index is 11.8. The number of nitrogens with two attached hydrogens (primary N) is 1. The van der Waals surface area contributed by atoms with E-state index in [4.69, 9.17) is 11.0 Å². The maximum Gasteiger partial charge on any atom is 0.259 e. The lowest BCUT2D eigenvalue weighted by Crippen LogP contribution is -2.13. The van der Waals surface area contributed by atoms with Gasteiger partial charge in [-0.25, -0.2) is 4.98 Å². The Kier molecular flexibility index (Phi) is 3.03. The number of nitrogens with zero attached hydrogens (tertiary/aromatic N) is 2. The summed E-state index contributed by atoms with van der Waals surface area (Å²) < 4.78 is 0. The monoisotopic (exact) mass is 244 g/mol. The average molecular weight is 244 g/mol. The second kappa shape index (κ2) is 4.63. The van der Waals surface area contributed by atoms with Crippen molar-refractivity contribution in [1.82, 2.24) is 4.98 Å². The molecule has 0 spiro atoms. The van der Waals surface area contributed by atoms with Crippen molar-refractivity contribution in [2.75, 3.05) is 11.1 Å². The molecule has 1 aromatic heterocycles. The van der Waals surface area contributed by atoms with Gasteiger partial charge in [0, 0.05) is 5.69 Å². The summed E-state index contributed by atoms with van der Waals surface area (Å²) in [5.41, 5.74) is 6.47. The van der Waals surface area contributed by atoms with E-state index in [1.165, 1.54) is 6.20 Å². The van der Waals surface area contributed by atoms with Crippen LogP contribution in [0.15, 0.2) is 30.5 Å². The second-order valence-corrected chi connectivity index (χ2v) is 4.21. The number of aromatic nitrogens is 1. The summed E-state index contributed by atoms with van der Waals surface area (Å²) in [4.78, 5) is 16.2. The Morgan fingerprint density at radius 2 is 2.24 bits per heavy atom. The average Bonchev–Trinajstić information content (AvgIpc) is 2.77. The summed E-state index contributed by atoms with van der Waals surface area (Å²) in [5.74, 6) is -0.332. The molecule has 0 atom stereocenters. The zero-order valence-electron chi connectivity index (χ0n) is 8.68. The number of carbonyl (C=O) groups excluding carboxylic acids is 1. The van der Waals surface area contributed by atoms with Gasteiger partial charge < -0.3 is 5.73 Å². The number of hydrogen-bond donors (Lipinski definition) is 2. The van der Waals surface area contributed by atoms with Crippen molar-refractivity contribution in [3.05, 3.63) is 40.9 Å². The minimum atomic E-state index is -0.332. The predicted octanol–water partition coefficient (Wildman–Crippen LogP) is 1.85. The van der Waals surface area contributed by atoms with E-state index in [0.29, 0.717) is 21.3 Å². The number of para-hydroxylation sites is 1. The minimum absolute atomic E-state index is 0.332. The van der Waals surface area contributed by atoms with Crippen LogP contribution in [0.3, 0.4) is 0 Å². The number of anilines is 2. The largest absolute Gasteiger partial charge is 0.398 e. The first-order valence-corrected chi connectivity index (χ1v) is 5.54. The molecular weight excluding hydrogens is 236 g/mol. The zero-order chi connectivity index (χ0) is 12.3. The van der Waals surface area contributed by atoms with Crippen molar-refractivity contribution >= 4 is 28.1 Å². The van der Waals surface area contributed by atoms with E-state index in [1.54, 1.807) is 24.3 Å². The Balaban J connectivity index is 2.18. The first-order valence-electron chi connectivity index (χ1n) is 4.72. The normalized spacial score (nSPS) is 9.59. The lowest BCUT2D eigenvalue weighted by atomic mass is 10.2. The standard InChI is InChI=1S/C11H8N4OS/c12-5-7-6-14-11(17-7)15-10(16)8-3-1-2-4-9(8)13/h1-4,6H,13H2,(H,14,15,16). The molecule has 84 valence electrons. The van der Waals surface area contributed by atoms with Gasteiger partial charge in [0.05, 0.1) is 11.8 Å². The van der Waals surface area contributed by atoms with Gasteiger partial charge in [-0.15, -0.1) is 0 Å². The molecule has 6 heteroatoms. The highest BCUT2D eigenvalue weighted by atomic mass is 32.1. The van der Waals surface area contributed by atoms with Crippen LogP contribution in [-0.2, 0) is 0 Å². The highest BCUT2D eigenvalue weighted by Gasteiger charge is 2.11. The number of hydrogen-bond acceptors (Lipinski definition) is 5.